The molecule has 1 atom stereocenters. The molecule has 0 heterocycles. The molecule has 1 aliphatic carbocycles. The molecular weight excluding hydrogens is 290 g/mol. The van der Waals surface area contributed by atoms with Gasteiger partial charge in [-0.05, 0) is 49.3 Å². The number of nitrogens with zero attached hydrogens (tertiary/aromatic N) is 1. The third-order valence-corrected chi connectivity index (χ3v) is 4.57. The van der Waals surface area contributed by atoms with E-state index in [9.17, 15) is 10.4 Å². The van der Waals surface area contributed by atoms with E-state index in [-0.39, 0.29) is 0 Å². The minimum absolute atomic E-state index is 0.604. The van der Waals surface area contributed by atoms with Gasteiger partial charge in [0.25, 0.3) is 0 Å². The van der Waals surface area contributed by atoms with Crippen molar-refractivity contribution in [2.45, 2.75) is 38.7 Å². The van der Waals surface area contributed by atoms with E-state index in [1.165, 1.54) is 0 Å². The third-order valence-electron chi connectivity index (χ3n) is 4.08. The van der Waals surface area contributed by atoms with Crippen molar-refractivity contribution < 1.29 is 5.11 Å². The van der Waals surface area contributed by atoms with Gasteiger partial charge < -0.3 is 5.11 Å². The molecule has 2 rings (SSSR count). The third kappa shape index (κ3) is 2.60. The van der Waals surface area contributed by atoms with Crippen molar-refractivity contribution in [3.8, 4) is 6.07 Å². The van der Waals surface area contributed by atoms with Gasteiger partial charge in [-0.2, -0.15) is 5.26 Å². The fourth-order valence-corrected chi connectivity index (χ4v) is 3.14. The van der Waals surface area contributed by atoms with E-state index in [0.29, 0.717) is 5.92 Å². The van der Waals surface area contributed by atoms with Gasteiger partial charge in [-0.1, -0.05) is 35.0 Å². The van der Waals surface area contributed by atoms with Crippen LogP contribution < -0.4 is 0 Å². The Kier molecular flexibility index (Phi) is 4.09. The molecule has 0 spiro atoms. The Labute approximate surface area is 117 Å². The summed E-state index contributed by atoms with van der Waals surface area (Å²) in [7, 11) is 0. The Balaban J connectivity index is 2.26. The maximum Gasteiger partial charge on any atom is 0.0976 e. The highest BCUT2D eigenvalue weighted by atomic mass is 79.9. The number of aliphatic hydroxyl groups excluding tert-OH is 1. The molecular formula is C15H18BrNO. The first kappa shape index (κ1) is 13.6. The Morgan fingerprint density at radius 2 is 2.11 bits per heavy atom. The van der Waals surface area contributed by atoms with Crippen LogP contribution in [0.1, 0.15) is 44.3 Å². The van der Waals surface area contributed by atoms with Crippen LogP contribution in [0.4, 0.5) is 0 Å². The fraction of sp³-hybridized carbons (Fsp3) is 0.533. The standard InChI is InChI=1S/C15H18BrNO/c1-11-5-7-15(10-17,8-6-11)14(18)12-3-2-4-13(16)9-12/h2-4,9,11,14,18H,5-8H2,1H3. The van der Waals surface area contributed by atoms with Crippen LogP contribution in [-0.2, 0) is 0 Å². The Morgan fingerprint density at radius 1 is 1.44 bits per heavy atom. The molecule has 0 aromatic heterocycles. The van der Waals surface area contributed by atoms with Gasteiger partial charge in [0.1, 0.15) is 0 Å². The minimum Gasteiger partial charge on any atom is -0.387 e. The second-order valence-corrected chi connectivity index (χ2v) is 6.32. The van der Waals surface area contributed by atoms with E-state index >= 15 is 0 Å². The maximum absolute atomic E-state index is 10.6. The largest absolute Gasteiger partial charge is 0.387 e. The van der Waals surface area contributed by atoms with Crippen LogP contribution in [0.3, 0.4) is 0 Å². The molecule has 1 aliphatic rings. The van der Waals surface area contributed by atoms with Gasteiger partial charge in [-0.15, -0.1) is 0 Å². The van der Waals surface area contributed by atoms with Gasteiger partial charge in [0.15, 0.2) is 0 Å². The SMILES string of the molecule is CC1CCC(C#N)(C(O)c2cccc(Br)c2)CC1. The predicted octanol–water partition coefficient (Wildman–Crippen LogP) is 4.20. The summed E-state index contributed by atoms with van der Waals surface area (Å²) in [6.07, 6.45) is 2.95. The van der Waals surface area contributed by atoms with E-state index in [0.717, 1.165) is 35.7 Å². The number of nitriles is 1. The fourth-order valence-electron chi connectivity index (χ4n) is 2.72. The van der Waals surface area contributed by atoms with Crippen LogP contribution >= 0.6 is 15.9 Å². The maximum atomic E-state index is 10.6. The summed E-state index contributed by atoms with van der Waals surface area (Å²) in [5.74, 6) is 0.668. The molecule has 96 valence electrons. The van der Waals surface area contributed by atoms with Crippen LogP contribution in [-0.4, -0.2) is 5.11 Å². The molecule has 0 aliphatic heterocycles. The lowest BCUT2D eigenvalue weighted by atomic mass is 9.67. The molecule has 1 N–H and O–H groups in total. The molecule has 1 unspecified atom stereocenters. The smallest absolute Gasteiger partial charge is 0.0976 e. The van der Waals surface area contributed by atoms with Gasteiger partial charge in [0.2, 0.25) is 0 Å². The predicted molar refractivity (Wildman–Crippen MR) is 74.8 cm³/mol. The lowest BCUT2D eigenvalue weighted by molar-refractivity contribution is 0.0266. The van der Waals surface area contributed by atoms with E-state index in [1.807, 2.05) is 24.3 Å². The van der Waals surface area contributed by atoms with Crippen molar-refractivity contribution in [1.29, 1.82) is 5.26 Å². The number of halogens is 1. The van der Waals surface area contributed by atoms with Crippen LogP contribution in [0.5, 0.6) is 0 Å². The molecule has 0 amide bonds. The summed E-state index contributed by atoms with van der Waals surface area (Å²) in [5.41, 5.74) is 0.230. The first-order chi connectivity index (χ1) is 8.57. The van der Waals surface area contributed by atoms with Gasteiger partial charge in [0, 0.05) is 4.47 Å². The van der Waals surface area contributed by atoms with Crippen molar-refractivity contribution in [3.05, 3.63) is 34.3 Å². The summed E-state index contributed by atoms with van der Waals surface area (Å²) in [4.78, 5) is 0. The van der Waals surface area contributed by atoms with Crippen molar-refractivity contribution in [2.24, 2.45) is 11.3 Å². The average Bonchev–Trinajstić information content (AvgIpc) is 2.39. The van der Waals surface area contributed by atoms with Crippen LogP contribution in [0.15, 0.2) is 28.7 Å². The first-order valence-corrected chi connectivity index (χ1v) is 7.21. The van der Waals surface area contributed by atoms with Gasteiger partial charge in [-0.25, -0.2) is 0 Å². The van der Waals surface area contributed by atoms with Gasteiger partial charge in [0.05, 0.1) is 17.6 Å². The topological polar surface area (TPSA) is 44.0 Å². The zero-order chi connectivity index (χ0) is 13.2. The molecule has 1 aromatic carbocycles. The second kappa shape index (κ2) is 5.42. The molecule has 1 fully saturated rings. The molecule has 1 aromatic rings. The van der Waals surface area contributed by atoms with E-state index in [4.69, 9.17) is 0 Å². The monoisotopic (exact) mass is 307 g/mol. The number of aliphatic hydroxyl groups is 1. The number of rotatable bonds is 2. The Bertz CT molecular complexity index is 458. The Morgan fingerprint density at radius 3 is 2.67 bits per heavy atom. The van der Waals surface area contributed by atoms with Crippen molar-refractivity contribution >= 4 is 15.9 Å². The van der Waals surface area contributed by atoms with E-state index in [2.05, 4.69) is 28.9 Å². The lowest BCUT2D eigenvalue weighted by Crippen LogP contribution is -2.32. The lowest BCUT2D eigenvalue weighted by Gasteiger charge is -2.37. The zero-order valence-corrected chi connectivity index (χ0v) is 12.2. The molecule has 2 nitrogen and oxygen atoms in total. The minimum atomic E-state index is -0.688. The zero-order valence-electron chi connectivity index (χ0n) is 10.6. The molecule has 3 heteroatoms. The van der Waals surface area contributed by atoms with Crippen LogP contribution in [0.25, 0.3) is 0 Å². The average molecular weight is 308 g/mol. The van der Waals surface area contributed by atoms with Gasteiger partial charge in [-0.3, -0.25) is 0 Å². The number of benzene rings is 1. The van der Waals surface area contributed by atoms with Crippen molar-refractivity contribution in [1.82, 2.24) is 0 Å². The summed E-state index contributed by atoms with van der Waals surface area (Å²) >= 11 is 3.41. The van der Waals surface area contributed by atoms with Crippen molar-refractivity contribution in [2.75, 3.05) is 0 Å². The Hall–Kier alpha value is -0.850. The van der Waals surface area contributed by atoms with Crippen LogP contribution in [0.2, 0.25) is 0 Å². The van der Waals surface area contributed by atoms with E-state index < -0.39 is 11.5 Å². The van der Waals surface area contributed by atoms with E-state index in [1.54, 1.807) is 0 Å². The highest BCUT2D eigenvalue weighted by Gasteiger charge is 2.41. The quantitative estimate of drug-likeness (QED) is 0.889. The number of hydrogen-bond acceptors (Lipinski definition) is 2. The summed E-state index contributed by atoms with van der Waals surface area (Å²) in [5, 5.41) is 20.1. The molecule has 0 saturated heterocycles. The number of hydrogen-bond donors (Lipinski definition) is 1. The summed E-state index contributed by atoms with van der Waals surface area (Å²) in [6.45, 7) is 2.22. The highest BCUT2D eigenvalue weighted by molar-refractivity contribution is 9.10. The molecule has 18 heavy (non-hydrogen) atoms. The molecule has 1 saturated carbocycles. The van der Waals surface area contributed by atoms with Crippen LogP contribution in [0, 0.1) is 22.7 Å². The van der Waals surface area contributed by atoms with Crippen molar-refractivity contribution in [3.63, 3.8) is 0 Å². The highest BCUT2D eigenvalue weighted by Crippen LogP contribution is 2.47. The van der Waals surface area contributed by atoms with Gasteiger partial charge >= 0.3 is 0 Å². The normalized spacial score (nSPS) is 29.6. The molecule has 0 radical (unpaired) electrons. The second-order valence-electron chi connectivity index (χ2n) is 5.41. The first-order valence-electron chi connectivity index (χ1n) is 6.42. The summed E-state index contributed by atoms with van der Waals surface area (Å²) in [6, 6.07) is 10.0. The molecule has 0 bridgehead atoms. The summed E-state index contributed by atoms with van der Waals surface area (Å²) < 4.78 is 0.941.